The highest BCUT2D eigenvalue weighted by atomic mass is 35.5. The van der Waals surface area contributed by atoms with Gasteiger partial charge in [-0.3, -0.25) is 9.59 Å². The molecule has 0 aromatic heterocycles. The molecule has 0 spiro atoms. The molecule has 0 saturated heterocycles. The molecule has 0 atom stereocenters. The summed E-state index contributed by atoms with van der Waals surface area (Å²) in [5, 5.41) is 6.09. The van der Waals surface area contributed by atoms with Crippen molar-refractivity contribution in [2.24, 2.45) is 5.41 Å². The van der Waals surface area contributed by atoms with Gasteiger partial charge >= 0.3 is 0 Å². The van der Waals surface area contributed by atoms with Crippen LogP contribution in [0.15, 0.2) is 18.2 Å². The summed E-state index contributed by atoms with van der Waals surface area (Å²) in [6.07, 6.45) is 1.95. The second-order valence-electron chi connectivity index (χ2n) is 5.43. The van der Waals surface area contributed by atoms with Crippen LogP contribution >= 0.6 is 23.2 Å². The quantitative estimate of drug-likeness (QED) is 0.838. The number of halogens is 2. The fourth-order valence-electron chi connectivity index (χ4n) is 1.58. The summed E-state index contributed by atoms with van der Waals surface area (Å²) >= 11 is 11.9. The SMILES string of the molecule is CC(C)(C(=O)Nc1cccc(Cl)c1Cl)C(=O)NC1CC1. The Labute approximate surface area is 127 Å². The molecule has 1 aliphatic carbocycles. The van der Waals surface area contributed by atoms with E-state index in [0.717, 1.165) is 12.8 Å². The first-order valence-corrected chi connectivity index (χ1v) is 7.14. The van der Waals surface area contributed by atoms with Gasteiger partial charge in [0, 0.05) is 6.04 Å². The summed E-state index contributed by atoms with van der Waals surface area (Å²) in [5.41, 5.74) is -0.773. The monoisotopic (exact) mass is 314 g/mol. The third-order valence-corrected chi connectivity index (χ3v) is 4.07. The molecule has 1 aliphatic rings. The summed E-state index contributed by atoms with van der Waals surface area (Å²) in [6.45, 7) is 3.16. The lowest BCUT2D eigenvalue weighted by molar-refractivity contribution is -0.138. The molecule has 1 fully saturated rings. The Hall–Kier alpha value is -1.26. The number of benzene rings is 1. The van der Waals surface area contributed by atoms with Crippen LogP contribution in [-0.4, -0.2) is 17.9 Å². The van der Waals surface area contributed by atoms with Crippen LogP contribution in [0.1, 0.15) is 26.7 Å². The number of rotatable bonds is 4. The summed E-state index contributed by atoms with van der Waals surface area (Å²) in [4.78, 5) is 24.3. The Bertz CT molecular complexity index is 554. The lowest BCUT2D eigenvalue weighted by Gasteiger charge is -2.23. The van der Waals surface area contributed by atoms with Gasteiger partial charge in [0.2, 0.25) is 11.8 Å². The van der Waals surface area contributed by atoms with Gasteiger partial charge < -0.3 is 10.6 Å². The number of anilines is 1. The zero-order valence-electron chi connectivity index (χ0n) is 11.3. The number of amides is 2. The molecule has 1 saturated carbocycles. The van der Waals surface area contributed by atoms with E-state index >= 15 is 0 Å². The molecule has 0 aliphatic heterocycles. The van der Waals surface area contributed by atoms with Crippen LogP contribution in [0.2, 0.25) is 10.0 Å². The van der Waals surface area contributed by atoms with Crippen molar-refractivity contribution in [3.8, 4) is 0 Å². The van der Waals surface area contributed by atoms with Gasteiger partial charge in [-0.05, 0) is 38.8 Å². The third kappa shape index (κ3) is 3.25. The van der Waals surface area contributed by atoms with E-state index in [0.29, 0.717) is 10.7 Å². The average molecular weight is 315 g/mol. The van der Waals surface area contributed by atoms with Crippen LogP contribution < -0.4 is 10.6 Å². The summed E-state index contributed by atoms with van der Waals surface area (Å²) in [6, 6.07) is 5.16. The molecular weight excluding hydrogens is 299 g/mol. The van der Waals surface area contributed by atoms with Gasteiger partial charge in [-0.25, -0.2) is 0 Å². The molecule has 0 unspecified atom stereocenters. The molecule has 20 heavy (non-hydrogen) atoms. The van der Waals surface area contributed by atoms with Crippen molar-refractivity contribution in [3.63, 3.8) is 0 Å². The first-order valence-electron chi connectivity index (χ1n) is 6.39. The maximum Gasteiger partial charge on any atom is 0.239 e. The largest absolute Gasteiger partial charge is 0.352 e. The molecule has 2 N–H and O–H groups in total. The molecule has 0 heterocycles. The minimum atomic E-state index is -1.17. The molecule has 108 valence electrons. The first-order chi connectivity index (χ1) is 9.32. The van der Waals surface area contributed by atoms with Crippen molar-refractivity contribution < 1.29 is 9.59 Å². The van der Waals surface area contributed by atoms with Crippen molar-refractivity contribution in [2.75, 3.05) is 5.32 Å². The number of nitrogens with one attached hydrogen (secondary N) is 2. The fourth-order valence-corrected chi connectivity index (χ4v) is 1.92. The maximum absolute atomic E-state index is 12.3. The number of carbonyl (C=O) groups is 2. The van der Waals surface area contributed by atoms with Gasteiger partial charge in [-0.2, -0.15) is 0 Å². The molecule has 6 heteroatoms. The van der Waals surface area contributed by atoms with Crippen LogP contribution in [0.3, 0.4) is 0 Å². The van der Waals surface area contributed by atoms with Crippen molar-refractivity contribution >= 4 is 40.7 Å². The highest BCUT2D eigenvalue weighted by molar-refractivity contribution is 6.44. The molecule has 4 nitrogen and oxygen atoms in total. The Morgan fingerprint density at radius 2 is 1.85 bits per heavy atom. The Kier molecular flexibility index (Phi) is 4.25. The second kappa shape index (κ2) is 5.62. The van der Waals surface area contributed by atoms with Crippen LogP contribution in [0.5, 0.6) is 0 Å². The average Bonchev–Trinajstić information content (AvgIpc) is 3.18. The van der Waals surface area contributed by atoms with E-state index < -0.39 is 11.3 Å². The minimum absolute atomic E-state index is 0.212. The van der Waals surface area contributed by atoms with Gasteiger partial charge in [-0.15, -0.1) is 0 Å². The Balaban J connectivity index is 2.09. The van der Waals surface area contributed by atoms with Gasteiger partial charge in [0.15, 0.2) is 0 Å². The molecule has 0 radical (unpaired) electrons. The van der Waals surface area contributed by atoms with E-state index in [9.17, 15) is 9.59 Å². The molecule has 2 rings (SSSR count). The molecule has 2 amide bonds. The topological polar surface area (TPSA) is 58.2 Å². The van der Waals surface area contributed by atoms with Crippen LogP contribution in [0.25, 0.3) is 0 Å². The Morgan fingerprint density at radius 3 is 2.45 bits per heavy atom. The normalized spacial score (nSPS) is 14.8. The summed E-state index contributed by atoms with van der Waals surface area (Å²) in [7, 11) is 0. The van der Waals surface area contributed by atoms with E-state index in [1.54, 1.807) is 32.0 Å². The smallest absolute Gasteiger partial charge is 0.239 e. The van der Waals surface area contributed by atoms with Gasteiger partial charge in [-0.1, -0.05) is 29.3 Å². The van der Waals surface area contributed by atoms with Crippen molar-refractivity contribution in [1.82, 2.24) is 5.32 Å². The maximum atomic E-state index is 12.3. The van der Waals surface area contributed by atoms with E-state index in [4.69, 9.17) is 23.2 Å². The predicted octanol–water partition coefficient (Wildman–Crippen LogP) is 3.24. The summed E-state index contributed by atoms with van der Waals surface area (Å²) in [5.74, 6) is -0.699. The zero-order chi connectivity index (χ0) is 14.9. The van der Waals surface area contributed by atoms with E-state index in [-0.39, 0.29) is 17.0 Å². The number of hydrogen-bond donors (Lipinski definition) is 2. The van der Waals surface area contributed by atoms with E-state index in [1.807, 2.05) is 0 Å². The van der Waals surface area contributed by atoms with Gasteiger partial charge in [0.25, 0.3) is 0 Å². The fraction of sp³-hybridized carbons (Fsp3) is 0.429. The van der Waals surface area contributed by atoms with Crippen LogP contribution in [0, 0.1) is 5.41 Å². The van der Waals surface area contributed by atoms with Crippen LogP contribution in [0.4, 0.5) is 5.69 Å². The van der Waals surface area contributed by atoms with E-state index in [1.165, 1.54) is 0 Å². The van der Waals surface area contributed by atoms with Gasteiger partial charge in [0.05, 0.1) is 15.7 Å². The summed E-state index contributed by atoms with van der Waals surface area (Å²) < 4.78 is 0. The second-order valence-corrected chi connectivity index (χ2v) is 6.21. The van der Waals surface area contributed by atoms with Crippen LogP contribution in [-0.2, 0) is 9.59 Å². The lowest BCUT2D eigenvalue weighted by atomic mass is 9.91. The molecule has 1 aromatic carbocycles. The third-order valence-electron chi connectivity index (χ3n) is 3.25. The van der Waals surface area contributed by atoms with E-state index in [2.05, 4.69) is 10.6 Å². The molecule has 1 aromatic rings. The first kappa shape index (κ1) is 15.1. The van der Waals surface area contributed by atoms with Crippen molar-refractivity contribution in [1.29, 1.82) is 0 Å². The number of carbonyl (C=O) groups excluding carboxylic acids is 2. The van der Waals surface area contributed by atoms with Crippen molar-refractivity contribution in [3.05, 3.63) is 28.2 Å². The Morgan fingerprint density at radius 1 is 1.20 bits per heavy atom. The highest BCUT2D eigenvalue weighted by Crippen LogP contribution is 2.31. The number of hydrogen-bond acceptors (Lipinski definition) is 2. The molecular formula is C14H16Cl2N2O2. The lowest BCUT2D eigenvalue weighted by Crippen LogP contribution is -2.45. The minimum Gasteiger partial charge on any atom is -0.352 e. The van der Waals surface area contributed by atoms with Gasteiger partial charge in [0.1, 0.15) is 5.41 Å². The highest BCUT2D eigenvalue weighted by Gasteiger charge is 2.39. The standard InChI is InChI=1S/C14H16Cl2N2O2/c1-14(2,12(19)17-8-6-7-8)13(20)18-10-5-3-4-9(15)11(10)16/h3-5,8H,6-7H2,1-2H3,(H,17,19)(H,18,20). The predicted molar refractivity (Wildman–Crippen MR) is 80.0 cm³/mol. The molecule has 0 bridgehead atoms. The zero-order valence-corrected chi connectivity index (χ0v) is 12.8. The van der Waals surface area contributed by atoms with Crippen molar-refractivity contribution in [2.45, 2.75) is 32.7 Å².